The number of aliphatic carboxylic acids is 1. The SMILES string of the molecule is COc1ccc2nc(CC(C)(C)C(=O)O)[nH]c2c1. The molecule has 18 heavy (non-hydrogen) atoms. The number of carboxylic acid groups (broad SMARTS) is 1. The van der Waals surface area contributed by atoms with Gasteiger partial charge in [-0.15, -0.1) is 0 Å². The number of aromatic amines is 1. The maximum Gasteiger partial charge on any atom is 0.309 e. The summed E-state index contributed by atoms with van der Waals surface area (Å²) in [5, 5.41) is 9.10. The van der Waals surface area contributed by atoms with Gasteiger partial charge >= 0.3 is 5.97 Å². The molecule has 0 aliphatic rings. The number of benzene rings is 1. The number of methoxy groups -OCH3 is 1. The van der Waals surface area contributed by atoms with Gasteiger partial charge in [0.1, 0.15) is 11.6 Å². The van der Waals surface area contributed by atoms with Crippen molar-refractivity contribution in [3.63, 3.8) is 0 Å². The lowest BCUT2D eigenvalue weighted by Gasteiger charge is -2.16. The van der Waals surface area contributed by atoms with E-state index in [1.54, 1.807) is 21.0 Å². The third-order valence-corrected chi connectivity index (χ3v) is 2.93. The van der Waals surface area contributed by atoms with Gasteiger partial charge in [-0.3, -0.25) is 4.79 Å². The lowest BCUT2D eigenvalue weighted by atomic mass is 9.89. The van der Waals surface area contributed by atoms with Crippen molar-refractivity contribution in [2.24, 2.45) is 5.41 Å². The van der Waals surface area contributed by atoms with Crippen LogP contribution >= 0.6 is 0 Å². The number of rotatable bonds is 4. The molecule has 0 radical (unpaired) electrons. The number of H-pyrrole nitrogens is 1. The summed E-state index contributed by atoms with van der Waals surface area (Å²) in [5.41, 5.74) is 0.829. The zero-order valence-electron chi connectivity index (χ0n) is 10.7. The zero-order chi connectivity index (χ0) is 13.3. The first-order valence-corrected chi connectivity index (χ1v) is 5.68. The molecule has 0 spiro atoms. The minimum absolute atomic E-state index is 0.360. The van der Waals surface area contributed by atoms with E-state index in [9.17, 15) is 4.79 Å². The fourth-order valence-electron chi connectivity index (χ4n) is 1.75. The molecule has 5 nitrogen and oxygen atoms in total. The van der Waals surface area contributed by atoms with E-state index in [0.29, 0.717) is 12.2 Å². The first-order valence-electron chi connectivity index (χ1n) is 5.68. The topological polar surface area (TPSA) is 75.2 Å². The number of fused-ring (bicyclic) bond motifs is 1. The Labute approximate surface area is 105 Å². The van der Waals surface area contributed by atoms with Gasteiger partial charge in [0.05, 0.1) is 23.6 Å². The smallest absolute Gasteiger partial charge is 0.309 e. The molecule has 2 N–H and O–H groups in total. The summed E-state index contributed by atoms with van der Waals surface area (Å²) < 4.78 is 5.13. The van der Waals surface area contributed by atoms with E-state index >= 15 is 0 Å². The van der Waals surface area contributed by atoms with Gasteiger partial charge in [0, 0.05) is 12.5 Å². The Kier molecular flexibility index (Phi) is 2.98. The molecule has 0 bridgehead atoms. The van der Waals surface area contributed by atoms with Crippen molar-refractivity contribution in [2.75, 3.05) is 7.11 Å². The minimum atomic E-state index is -0.835. The van der Waals surface area contributed by atoms with Crippen LogP contribution in [0.5, 0.6) is 5.75 Å². The number of hydrogen-bond acceptors (Lipinski definition) is 3. The van der Waals surface area contributed by atoms with Crippen molar-refractivity contribution < 1.29 is 14.6 Å². The fraction of sp³-hybridized carbons (Fsp3) is 0.385. The summed E-state index contributed by atoms with van der Waals surface area (Å²) in [6.07, 6.45) is 0.360. The van der Waals surface area contributed by atoms with Gasteiger partial charge in [0.15, 0.2) is 0 Å². The number of carbonyl (C=O) groups is 1. The number of hydrogen-bond donors (Lipinski definition) is 2. The molecule has 0 amide bonds. The molecular formula is C13H16N2O3. The number of nitrogens with one attached hydrogen (secondary N) is 1. The number of nitrogens with zero attached hydrogens (tertiary/aromatic N) is 1. The third-order valence-electron chi connectivity index (χ3n) is 2.93. The van der Waals surface area contributed by atoms with Crippen LogP contribution < -0.4 is 4.74 Å². The molecule has 0 aliphatic carbocycles. The normalized spacial score (nSPS) is 11.7. The Balaban J connectivity index is 2.33. The summed E-state index contributed by atoms with van der Waals surface area (Å²) >= 11 is 0. The van der Waals surface area contributed by atoms with Gasteiger partial charge in [-0.05, 0) is 26.0 Å². The van der Waals surface area contributed by atoms with Crippen LogP contribution in [0.2, 0.25) is 0 Å². The van der Waals surface area contributed by atoms with E-state index < -0.39 is 11.4 Å². The Hall–Kier alpha value is -2.04. The van der Waals surface area contributed by atoms with Crippen LogP contribution in [0.25, 0.3) is 11.0 Å². The van der Waals surface area contributed by atoms with E-state index in [1.165, 1.54) is 0 Å². The quantitative estimate of drug-likeness (QED) is 0.870. The molecule has 2 rings (SSSR count). The van der Waals surface area contributed by atoms with Gasteiger partial charge in [-0.25, -0.2) is 4.98 Å². The lowest BCUT2D eigenvalue weighted by Crippen LogP contribution is -2.26. The summed E-state index contributed by atoms with van der Waals surface area (Å²) in [7, 11) is 1.60. The minimum Gasteiger partial charge on any atom is -0.497 e. The average molecular weight is 248 g/mol. The molecule has 0 aliphatic heterocycles. The molecule has 5 heteroatoms. The Bertz CT molecular complexity index is 587. The van der Waals surface area contributed by atoms with Crippen LogP contribution in [0.15, 0.2) is 18.2 Å². The predicted molar refractivity (Wildman–Crippen MR) is 67.8 cm³/mol. The number of imidazole rings is 1. The van der Waals surface area contributed by atoms with Crippen LogP contribution in [0.3, 0.4) is 0 Å². The van der Waals surface area contributed by atoms with Crippen LogP contribution in [-0.4, -0.2) is 28.2 Å². The van der Waals surface area contributed by atoms with E-state index in [-0.39, 0.29) is 0 Å². The lowest BCUT2D eigenvalue weighted by molar-refractivity contribution is -0.146. The molecule has 0 saturated heterocycles. The molecule has 0 atom stereocenters. The Morgan fingerprint density at radius 2 is 2.22 bits per heavy atom. The molecule has 2 aromatic rings. The predicted octanol–water partition coefficient (Wildman–Crippen LogP) is 2.22. The molecule has 0 fully saturated rings. The average Bonchev–Trinajstić information content (AvgIpc) is 2.68. The second kappa shape index (κ2) is 4.33. The van der Waals surface area contributed by atoms with Crippen LogP contribution in [0.4, 0.5) is 0 Å². The number of carboxylic acids is 1. The van der Waals surface area contributed by atoms with Crippen molar-refractivity contribution >= 4 is 17.0 Å². The molecule has 0 saturated carbocycles. The fourth-order valence-corrected chi connectivity index (χ4v) is 1.75. The standard InChI is InChI=1S/C13H16N2O3/c1-13(2,12(16)17)7-11-14-9-5-4-8(18-3)6-10(9)15-11/h4-6H,7H2,1-3H3,(H,14,15)(H,16,17). The molecule has 1 heterocycles. The Morgan fingerprint density at radius 3 is 2.83 bits per heavy atom. The zero-order valence-corrected chi connectivity index (χ0v) is 10.7. The first-order chi connectivity index (χ1) is 8.42. The second-order valence-corrected chi connectivity index (χ2v) is 4.93. The summed E-state index contributed by atoms with van der Waals surface area (Å²) in [4.78, 5) is 18.6. The molecule has 1 aromatic carbocycles. The highest BCUT2D eigenvalue weighted by Gasteiger charge is 2.28. The molecule has 96 valence electrons. The first kappa shape index (κ1) is 12.4. The summed E-state index contributed by atoms with van der Waals surface area (Å²) in [6, 6.07) is 5.52. The van der Waals surface area contributed by atoms with Crippen LogP contribution in [-0.2, 0) is 11.2 Å². The molecule has 1 aromatic heterocycles. The van der Waals surface area contributed by atoms with E-state index in [0.717, 1.165) is 16.8 Å². The van der Waals surface area contributed by atoms with Gasteiger partial charge in [-0.2, -0.15) is 0 Å². The van der Waals surface area contributed by atoms with Gasteiger partial charge in [0.25, 0.3) is 0 Å². The maximum absolute atomic E-state index is 11.1. The third kappa shape index (κ3) is 2.30. The van der Waals surface area contributed by atoms with E-state index in [2.05, 4.69) is 9.97 Å². The van der Waals surface area contributed by atoms with E-state index in [4.69, 9.17) is 9.84 Å². The van der Waals surface area contributed by atoms with Crippen LogP contribution in [0.1, 0.15) is 19.7 Å². The van der Waals surface area contributed by atoms with Gasteiger partial charge < -0.3 is 14.8 Å². The van der Waals surface area contributed by atoms with Crippen molar-refractivity contribution in [3.8, 4) is 5.75 Å². The van der Waals surface area contributed by atoms with Gasteiger partial charge in [-0.1, -0.05) is 0 Å². The highest BCUT2D eigenvalue weighted by molar-refractivity contribution is 5.77. The summed E-state index contributed by atoms with van der Waals surface area (Å²) in [5.74, 6) is 0.585. The van der Waals surface area contributed by atoms with Crippen molar-refractivity contribution in [2.45, 2.75) is 20.3 Å². The van der Waals surface area contributed by atoms with E-state index in [1.807, 2.05) is 18.2 Å². The maximum atomic E-state index is 11.1. The van der Waals surface area contributed by atoms with Crippen LogP contribution in [0, 0.1) is 5.41 Å². The highest BCUT2D eigenvalue weighted by Crippen LogP contribution is 2.24. The molecule has 0 unspecified atom stereocenters. The number of ether oxygens (including phenoxy) is 1. The second-order valence-electron chi connectivity index (χ2n) is 4.93. The van der Waals surface area contributed by atoms with Gasteiger partial charge in [0.2, 0.25) is 0 Å². The summed E-state index contributed by atoms with van der Waals surface area (Å²) in [6.45, 7) is 3.37. The molecular weight excluding hydrogens is 232 g/mol. The van der Waals surface area contributed by atoms with Crippen molar-refractivity contribution in [1.82, 2.24) is 9.97 Å². The highest BCUT2D eigenvalue weighted by atomic mass is 16.5. The van der Waals surface area contributed by atoms with Crippen molar-refractivity contribution in [1.29, 1.82) is 0 Å². The largest absolute Gasteiger partial charge is 0.497 e. The monoisotopic (exact) mass is 248 g/mol. The number of aromatic nitrogens is 2. The van der Waals surface area contributed by atoms with Crippen molar-refractivity contribution in [3.05, 3.63) is 24.0 Å². The Morgan fingerprint density at radius 1 is 1.50 bits per heavy atom.